The molecule has 0 rings (SSSR count). The summed E-state index contributed by atoms with van der Waals surface area (Å²) in [5.41, 5.74) is 11.4. The fourth-order valence-corrected chi connectivity index (χ4v) is 0.860. The van der Waals surface area contributed by atoms with Crippen molar-refractivity contribution in [2.24, 2.45) is 11.5 Å². The minimum Gasteiger partial charge on any atom is -0.301 e. The molecule has 3 heteroatoms. The number of nitrogens with one attached hydrogen (secondary N) is 1. The van der Waals surface area contributed by atoms with Crippen molar-refractivity contribution < 1.29 is 0 Å². The van der Waals surface area contributed by atoms with Crippen molar-refractivity contribution in [3.63, 3.8) is 0 Å². The highest BCUT2D eigenvalue weighted by atomic mass is 15.2. The molecule has 10 heavy (non-hydrogen) atoms. The normalized spacial score (nSPS) is 12.0. The maximum Gasteiger partial charge on any atom is 0.118 e. The van der Waals surface area contributed by atoms with Gasteiger partial charge in [-0.3, -0.25) is 5.32 Å². The van der Waals surface area contributed by atoms with E-state index in [1.165, 1.54) is 0 Å². The highest BCUT2D eigenvalue weighted by Crippen LogP contribution is 1.96. The number of nitrogens with two attached hydrogens (primary N) is 2. The topological polar surface area (TPSA) is 64.1 Å². The molecule has 5 N–H and O–H groups in total. The van der Waals surface area contributed by atoms with Crippen LogP contribution in [0, 0.1) is 0 Å². The molecule has 0 heterocycles. The third-order valence-corrected chi connectivity index (χ3v) is 1.37. The lowest BCUT2D eigenvalue weighted by Gasteiger charge is -2.25. The van der Waals surface area contributed by atoms with Crippen LogP contribution in [0.1, 0.15) is 33.1 Å². The van der Waals surface area contributed by atoms with Gasteiger partial charge in [0.25, 0.3) is 0 Å². The minimum atomic E-state index is -0.648. The molecule has 0 spiro atoms. The molecule has 0 radical (unpaired) electrons. The van der Waals surface area contributed by atoms with E-state index in [1.54, 1.807) is 0 Å². The molecule has 0 aromatic heterocycles. The summed E-state index contributed by atoms with van der Waals surface area (Å²) in [4.78, 5) is 0. The molecule has 0 aliphatic heterocycles. The van der Waals surface area contributed by atoms with Gasteiger partial charge < -0.3 is 11.5 Å². The van der Waals surface area contributed by atoms with E-state index in [9.17, 15) is 0 Å². The number of hydrogen-bond acceptors (Lipinski definition) is 3. The summed E-state index contributed by atoms with van der Waals surface area (Å²) in [6.07, 6.45) is 2.91. The van der Waals surface area contributed by atoms with Gasteiger partial charge in [0.05, 0.1) is 0 Å². The molecular weight excluding hydrogens is 126 g/mol. The molecule has 0 saturated heterocycles. The monoisotopic (exact) mass is 145 g/mol. The maximum absolute atomic E-state index is 5.68. The number of hydrogen-bond donors (Lipinski definition) is 3. The summed E-state index contributed by atoms with van der Waals surface area (Å²) in [5.74, 6) is -0.648. The van der Waals surface area contributed by atoms with Crippen molar-refractivity contribution in [3.8, 4) is 0 Å². The molecule has 3 nitrogen and oxygen atoms in total. The molecule has 0 aliphatic rings. The quantitative estimate of drug-likeness (QED) is 0.489. The van der Waals surface area contributed by atoms with Crippen molar-refractivity contribution in [2.45, 2.75) is 38.9 Å². The molecule has 0 saturated carbocycles. The molecule has 0 aromatic rings. The molecule has 62 valence electrons. The first-order valence-corrected chi connectivity index (χ1v) is 3.95. The van der Waals surface area contributed by atoms with E-state index in [0.29, 0.717) is 0 Å². The van der Waals surface area contributed by atoms with E-state index in [1.807, 2.05) is 0 Å². The average molecular weight is 145 g/mol. The second-order valence-corrected chi connectivity index (χ2v) is 2.72. The van der Waals surface area contributed by atoms with Gasteiger partial charge in [-0.25, -0.2) is 0 Å². The Balaban J connectivity index is 3.42. The van der Waals surface area contributed by atoms with Gasteiger partial charge in [-0.15, -0.1) is 0 Å². The van der Waals surface area contributed by atoms with Crippen LogP contribution in [-0.4, -0.2) is 12.3 Å². The van der Waals surface area contributed by atoms with Gasteiger partial charge in [0.15, 0.2) is 0 Å². The van der Waals surface area contributed by atoms with Crippen molar-refractivity contribution in [3.05, 3.63) is 0 Å². The maximum atomic E-state index is 5.68. The zero-order valence-corrected chi connectivity index (χ0v) is 6.98. The van der Waals surface area contributed by atoms with E-state index in [-0.39, 0.29) is 0 Å². The molecule has 0 bridgehead atoms. The van der Waals surface area contributed by atoms with Crippen molar-refractivity contribution in [2.75, 3.05) is 6.54 Å². The van der Waals surface area contributed by atoms with Gasteiger partial charge in [-0.2, -0.15) is 0 Å². The molecule has 0 aliphatic carbocycles. The Morgan fingerprint density at radius 2 is 1.80 bits per heavy atom. The number of rotatable bonds is 5. The lowest BCUT2D eigenvalue weighted by atomic mass is 10.2. The van der Waals surface area contributed by atoms with Crippen LogP contribution in [-0.2, 0) is 0 Å². The molecule has 0 amide bonds. The Labute approximate surface area is 63.2 Å². The second kappa shape index (κ2) is 4.66. The predicted octanol–water partition coefficient (Wildman–Crippen LogP) is 0.357. The fourth-order valence-electron chi connectivity index (χ4n) is 0.860. The summed E-state index contributed by atoms with van der Waals surface area (Å²) in [5, 5.41) is 3.07. The van der Waals surface area contributed by atoms with Gasteiger partial charge >= 0.3 is 0 Å². The Hall–Kier alpha value is -0.120. The van der Waals surface area contributed by atoms with Gasteiger partial charge in [-0.1, -0.05) is 20.3 Å². The van der Waals surface area contributed by atoms with E-state index in [2.05, 4.69) is 19.2 Å². The van der Waals surface area contributed by atoms with Crippen LogP contribution >= 0.6 is 0 Å². The van der Waals surface area contributed by atoms with Crippen LogP contribution in [0.5, 0.6) is 0 Å². The molecular formula is C7H19N3. The zero-order chi connectivity index (χ0) is 8.04. The summed E-state index contributed by atoms with van der Waals surface area (Å²) >= 11 is 0. The largest absolute Gasteiger partial charge is 0.301 e. The average Bonchev–Trinajstić information content (AvgIpc) is 1.84. The highest BCUT2D eigenvalue weighted by Gasteiger charge is 2.14. The van der Waals surface area contributed by atoms with Crippen LogP contribution < -0.4 is 16.8 Å². The standard InChI is InChI=1S/C7H19N3/c1-3-5-7(8,9)10-6-4-2/h10H,3-6,8-9H2,1-2H3. The van der Waals surface area contributed by atoms with E-state index in [0.717, 1.165) is 25.8 Å². The first-order chi connectivity index (χ1) is 4.62. The third kappa shape index (κ3) is 4.73. The van der Waals surface area contributed by atoms with Crippen LogP contribution in [0.25, 0.3) is 0 Å². The fraction of sp³-hybridized carbons (Fsp3) is 1.00. The van der Waals surface area contributed by atoms with Crippen LogP contribution in [0.4, 0.5) is 0 Å². The van der Waals surface area contributed by atoms with Gasteiger partial charge in [0.1, 0.15) is 5.79 Å². The second-order valence-electron chi connectivity index (χ2n) is 2.72. The first kappa shape index (κ1) is 9.88. The minimum absolute atomic E-state index is 0.648. The molecule has 0 atom stereocenters. The molecule has 0 aromatic carbocycles. The van der Waals surface area contributed by atoms with Crippen LogP contribution in [0.15, 0.2) is 0 Å². The summed E-state index contributed by atoms with van der Waals surface area (Å²) < 4.78 is 0. The predicted molar refractivity (Wildman–Crippen MR) is 44.3 cm³/mol. The van der Waals surface area contributed by atoms with Crippen LogP contribution in [0.2, 0.25) is 0 Å². The lowest BCUT2D eigenvalue weighted by molar-refractivity contribution is 0.320. The van der Waals surface area contributed by atoms with E-state index < -0.39 is 5.79 Å². The summed E-state index contributed by atoms with van der Waals surface area (Å²) in [7, 11) is 0. The highest BCUT2D eigenvalue weighted by molar-refractivity contribution is 4.71. The van der Waals surface area contributed by atoms with Crippen LogP contribution in [0.3, 0.4) is 0 Å². The van der Waals surface area contributed by atoms with Gasteiger partial charge in [-0.05, 0) is 19.4 Å². The molecule has 0 unspecified atom stereocenters. The van der Waals surface area contributed by atoms with E-state index >= 15 is 0 Å². The smallest absolute Gasteiger partial charge is 0.118 e. The van der Waals surface area contributed by atoms with Gasteiger partial charge in [0, 0.05) is 0 Å². The van der Waals surface area contributed by atoms with Gasteiger partial charge in [0.2, 0.25) is 0 Å². The Kier molecular flexibility index (Phi) is 4.60. The SMILES string of the molecule is CCCNC(N)(N)CCC. The Bertz CT molecular complexity index is 80.9. The lowest BCUT2D eigenvalue weighted by Crippen LogP contribution is -2.61. The van der Waals surface area contributed by atoms with E-state index in [4.69, 9.17) is 11.5 Å². The summed E-state index contributed by atoms with van der Waals surface area (Å²) in [6, 6.07) is 0. The Morgan fingerprint density at radius 1 is 1.20 bits per heavy atom. The third-order valence-electron chi connectivity index (χ3n) is 1.37. The Morgan fingerprint density at radius 3 is 2.20 bits per heavy atom. The zero-order valence-electron chi connectivity index (χ0n) is 6.98. The van der Waals surface area contributed by atoms with Crippen molar-refractivity contribution >= 4 is 0 Å². The van der Waals surface area contributed by atoms with Crippen molar-refractivity contribution in [1.29, 1.82) is 0 Å². The summed E-state index contributed by atoms with van der Waals surface area (Å²) in [6.45, 7) is 5.06. The van der Waals surface area contributed by atoms with Crippen molar-refractivity contribution in [1.82, 2.24) is 5.32 Å². The molecule has 0 fully saturated rings. The first-order valence-electron chi connectivity index (χ1n) is 3.95.